The molecule has 0 saturated carbocycles. The van der Waals surface area contributed by atoms with Crippen molar-refractivity contribution in [2.24, 2.45) is 5.73 Å². The molecule has 0 aliphatic heterocycles. The van der Waals surface area contributed by atoms with Gasteiger partial charge in [0.05, 0.1) is 21.5 Å². The van der Waals surface area contributed by atoms with Gasteiger partial charge in [-0.25, -0.2) is 4.79 Å². The fourth-order valence-electron chi connectivity index (χ4n) is 11.4. The highest BCUT2D eigenvalue weighted by Crippen LogP contribution is 2.36. The number of nitrogens with one attached hydrogen (secondary N) is 4. The number of carbonyl (C=O) groups excluding carboxylic acids is 4. The summed E-state index contributed by atoms with van der Waals surface area (Å²) < 4.78 is 4.47. The van der Waals surface area contributed by atoms with Gasteiger partial charge in [0.25, 0.3) is 11.8 Å². The lowest BCUT2D eigenvalue weighted by Gasteiger charge is -2.18. The van der Waals surface area contributed by atoms with Crippen LogP contribution in [0.25, 0.3) is 65.9 Å². The largest absolute Gasteiger partial charge is 0.480 e. The van der Waals surface area contributed by atoms with Crippen LogP contribution in [0.15, 0.2) is 182 Å². The molecule has 87 heavy (non-hydrogen) atoms. The Balaban J connectivity index is 0.670. The maximum atomic E-state index is 13.7. The third-order valence-corrected chi connectivity index (χ3v) is 15.8. The molecule has 2 heterocycles. The molecule has 10 aromatic rings. The molecule has 10 rings (SSSR count). The molecule has 442 valence electrons. The van der Waals surface area contributed by atoms with E-state index in [1.165, 1.54) is 0 Å². The number of fused-ring (bicyclic) bond motifs is 6. The Morgan fingerprint density at radius 2 is 0.897 bits per heavy atom. The van der Waals surface area contributed by atoms with Gasteiger partial charge in [0.2, 0.25) is 34.2 Å². The predicted octanol–water partition coefficient (Wildman–Crippen LogP) is 8.93. The van der Waals surface area contributed by atoms with Gasteiger partial charge in [-0.15, -0.1) is 0 Å². The molecule has 15 N–H and O–H groups in total. The number of carboxylic acid groups (broad SMARTS) is 1. The SMILES string of the molecule is NCCC[C@H](NC(=O)c1ccc(C[n+]2c(-c3ccccc3)c3cc(N)ccc3c3ccc(N)cc32)cc1)C(=O)NCCCCCC(=O)N[C@@H](CCCNC(=O)c1ccc(C[n+]2c(-c3ccccc3)c3cc(N)ccc3c3ccc(N)cc32)cc1)C(=O)O. The van der Waals surface area contributed by atoms with Gasteiger partial charge in [-0.05, 0) is 142 Å². The number of amides is 4. The molecular weight excluding hydrogens is 1090 g/mol. The summed E-state index contributed by atoms with van der Waals surface area (Å²) >= 11 is 0. The molecule has 0 radical (unpaired) electrons. The zero-order valence-electron chi connectivity index (χ0n) is 48.4. The number of hydrogen-bond donors (Lipinski definition) is 10. The van der Waals surface area contributed by atoms with Crippen LogP contribution in [-0.2, 0) is 27.5 Å². The highest BCUT2D eigenvalue weighted by atomic mass is 16.4. The summed E-state index contributed by atoms with van der Waals surface area (Å²) in [7, 11) is 0. The van der Waals surface area contributed by atoms with Gasteiger partial charge in [0, 0.05) is 98.5 Å². The second kappa shape index (κ2) is 27.5. The van der Waals surface area contributed by atoms with Gasteiger partial charge in [-0.2, -0.15) is 9.13 Å². The van der Waals surface area contributed by atoms with Gasteiger partial charge in [0.15, 0.2) is 13.1 Å². The Hall–Kier alpha value is -10.4. The number of benzene rings is 8. The highest BCUT2D eigenvalue weighted by molar-refractivity contribution is 6.11. The van der Waals surface area contributed by atoms with Crippen LogP contribution in [0.3, 0.4) is 0 Å². The van der Waals surface area contributed by atoms with E-state index in [-0.39, 0.29) is 31.2 Å². The lowest BCUT2D eigenvalue weighted by molar-refractivity contribution is -0.650. The third kappa shape index (κ3) is 14.2. The lowest BCUT2D eigenvalue weighted by atomic mass is 9.97. The van der Waals surface area contributed by atoms with Crippen molar-refractivity contribution in [2.75, 3.05) is 42.6 Å². The number of hydrogen-bond acceptors (Lipinski definition) is 10. The van der Waals surface area contributed by atoms with E-state index in [1.54, 1.807) is 24.3 Å². The Morgan fingerprint density at radius 1 is 0.437 bits per heavy atom. The number of nitrogens with zero attached hydrogens (tertiary/aromatic N) is 2. The number of rotatable bonds is 25. The number of aromatic nitrogens is 2. The van der Waals surface area contributed by atoms with Crippen LogP contribution in [0.4, 0.5) is 22.7 Å². The second-order valence-corrected chi connectivity index (χ2v) is 22.1. The molecule has 8 aromatic carbocycles. The first kappa shape index (κ1) is 59.8. The van der Waals surface area contributed by atoms with Crippen molar-refractivity contribution in [2.45, 2.75) is 76.5 Å². The minimum atomic E-state index is -1.17. The average molecular weight is 1160 g/mol. The van der Waals surface area contributed by atoms with Gasteiger partial charge in [-0.3, -0.25) is 19.2 Å². The maximum Gasteiger partial charge on any atom is 0.326 e. The van der Waals surface area contributed by atoms with Crippen LogP contribution in [0.5, 0.6) is 0 Å². The minimum Gasteiger partial charge on any atom is -0.480 e. The van der Waals surface area contributed by atoms with Gasteiger partial charge >= 0.3 is 5.97 Å². The summed E-state index contributed by atoms with van der Waals surface area (Å²) in [6.45, 7) is 1.80. The van der Waals surface area contributed by atoms with Gasteiger partial charge in [0.1, 0.15) is 12.1 Å². The zero-order valence-corrected chi connectivity index (χ0v) is 48.4. The summed E-state index contributed by atoms with van der Waals surface area (Å²) in [5.41, 5.74) is 42.5. The first-order valence-corrected chi connectivity index (χ1v) is 29.5. The molecule has 2 atom stereocenters. The number of pyridine rings is 2. The summed E-state index contributed by atoms with van der Waals surface area (Å²) in [4.78, 5) is 65.5. The summed E-state index contributed by atoms with van der Waals surface area (Å²) in [5.74, 6) is -2.61. The summed E-state index contributed by atoms with van der Waals surface area (Å²) in [6, 6.07) is 56.7. The standard InChI is InChI=1S/C70H71N11O6/c71-35-10-16-60(79-68(84)49-25-21-45(22-26-49)43-81-63-41-53(75)30-34-57(63)55-32-28-51(73)39-59(55)66(81)47-14-6-2-7-15-47)69(85)77-36-9-3-8-18-64(82)78-61(70(86)87)17-11-37-76-67(83)48-23-19-44(20-24-48)42-80-62-40-52(74)29-33-56(62)54-31-27-50(72)38-58(54)65(80)46-12-4-1-5-13-46/h1-2,4-7,12-15,19-34,38-41,60-61,74-75H,3,8-11,16-18,35-37,42-43,71-73H2,(H5,76,77,78,79,82,83,84,85,86,87)/p+2/t60-,61-/m0/s1. The molecule has 17 nitrogen and oxygen atoms in total. The number of anilines is 4. The summed E-state index contributed by atoms with van der Waals surface area (Å²) in [5, 5.41) is 27.5. The van der Waals surface area contributed by atoms with Gasteiger partial charge < -0.3 is 55.0 Å². The van der Waals surface area contributed by atoms with Crippen molar-refractivity contribution < 1.29 is 38.2 Å². The fraction of sp³-hybridized carbons (Fsp3) is 0.214. The topological polar surface area (TPSA) is 292 Å². The van der Waals surface area contributed by atoms with Crippen LogP contribution < -0.4 is 59.1 Å². The number of nitrogen functional groups attached to an aromatic ring is 4. The van der Waals surface area contributed by atoms with E-state index in [0.29, 0.717) is 98.6 Å². The van der Waals surface area contributed by atoms with E-state index in [4.69, 9.17) is 28.7 Å². The van der Waals surface area contributed by atoms with E-state index < -0.39 is 29.9 Å². The Bertz CT molecular complexity index is 4160. The number of carboxylic acids is 1. The Morgan fingerprint density at radius 3 is 1.39 bits per heavy atom. The number of unbranched alkanes of at least 4 members (excludes halogenated alkanes) is 2. The third-order valence-electron chi connectivity index (χ3n) is 15.8. The molecule has 0 saturated heterocycles. The molecule has 4 amide bonds. The van der Waals surface area contributed by atoms with Crippen LogP contribution in [-0.4, -0.2) is 66.4 Å². The van der Waals surface area contributed by atoms with Crippen molar-refractivity contribution in [3.8, 4) is 22.5 Å². The molecule has 0 unspecified atom stereocenters. The van der Waals surface area contributed by atoms with Crippen molar-refractivity contribution in [3.05, 3.63) is 204 Å². The molecule has 0 spiro atoms. The molecule has 0 aliphatic carbocycles. The maximum absolute atomic E-state index is 13.7. The van der Waals surface area contributed by atoms with Crippen molar-refractivity contribution in [3.63, 3.8) is 0 Å². The van der Waals surface area contributed by atoms with Gasteiger partial charge in [-0.1, -0.05) is 79.2 Å². The molecule has 0 fully saturated rings. The number of nitrogens with two attached hydrogens (primary N) is 5. The smallest absolute Gasteiger partial charge is 0.326 e. The lowest BCUT2D eigenvalue weighted by Crippen LogP contribution is -2.47. The van der Waals surface area contributed by atoms with Crippen LogP contribution in [0, 0.1) is 0 Å². The van der Waals surface area contributed by atoms with Crippen LogP contribution >= 0.6 is 0 Å². The van der Waals surface area contributed by atoms with Crippen LogP contribution in [0.2, 0.25) is 0 Å². The minimum absolute atomic E-state index is 0.0970. The second-order valence-electron chi connectivity index (χ2n) is 22.1. The Labute approximate surface area is 504 Å². The molecule has 0 aliphatic rings. The van der Waals surface area contributed by atoms with Crippen molar-refractivity contribution in [1.29, 1.82) is 0 Å². The molecule has 0 bridgehead atoms. The molecule has 2 aromatic heterocycles. The number of carbonyl (C=O) groups is 5. The zero-order chi connectivity index (χ0) is 61.0. The van der Waals surface area contributed by atoms with E-state index in [1.807, 2.05) is 133 Å². The normalized spacial score (nSPS) is 12.0. The van der Waals surface area contributed by atoms with E-state index in [0.717, 1.165) is 77.0 Å². The van der Waals surface area contributed by atoms with E-state index >= 15 is 0 Å². The Kier molecular flexibility index (Phi) is 18.9. The summed E-state index contributed by atoms with van der Waals surface area (Å²) in [6.07, 6.45) is 2.99. The average Bonchev–Trinajstić information content (AvgIpc) is 1.38. The predicted molar refractivity (Wildman–Crippen MR) is 345 cm³/mol. The first-order chi connectivity index (χ1) is 42.2. The highest BCUT2D eigenvalue weighted by Gasteiger charge is 2.28. The molecule has 17 heteroatoms. The fourth-order valence-corrected chi connectivity index (χ4v) is 11.4. The molecular formula is C70H73N11O6+2. The van der Waals surface area contributed by atoms with Crippen LogP contribution in [0.1, 0.15) is 83.2 Å². The first-order valence-electron chi connectivity index (χ1n) is 29.5. The number of aliphatic carboxylic acids is 1. The van der Waals surface area contributed by atoms with Crippen molar-refractivity contribution >= 4 is 95.7 Å². The van der Waals surface area contributed by atoms with E-state index in [9.17, 15) is 29.1 Å². The van der Waals surface area contributed by atoms with E-state index in [2.05, 4.69) is 54.7 Å². The monoisotopic (exact) mass is 1160 g/mol. The van der Waals surface area contributed by atoms with Crippen molar-refractivity contribution in [1.82, 2.24) is 21.3 Å². The quantitative estimate of drug-likeness (QED) is 0.0112.